The summed E-state index contributed by atoms with van der Waals surface area (Å²) in [7, 11) is -1.56. The third-order valence-corrected chi connectivity index (χ3v) is 13.4. The molecule has 5 heterocycles. The SMILES string of the molecule is CCCCCCOc1ccc(C2=C3C=CC(=N3)C(c3ccc(I)cc3)=C3C=CC(=N3)C(c3c(C)cc(C)cc3C)=C3C=CC(=N3)C(c3ccc(C#C[Si](C)(C)C)cc3)=C3C=CC2=N3)cc1. The highest BCUT2D eigenvalue weighted by Crippen LogP contribution is 2.40. The van der Waals surface area contributed by atoms with Crippen LogP contribution in [0.4, 0.5) is 0 Å². The molecule has 0 fully saturated rings. The van der Waals surface area contributed by atoms with E-state index in [0.717, 1.165) is 111 Å². The summed E-state index contributed by atoms with van der Waals surface area (Å²) < 4.78 is 7.36. The highest BCUT2D eigenvalue weighted by atomic mass is 127. The Labute approximate surface area is 399 Å². The van der Waals surface area contributed by atoms with E-state index in [1.807, 2.05) is 0 Å². The highest BCUT2D eigenvalue weighted by molar-refractivity contribution is 14.1. The fraction of sp³-hybridized carbons (Fsp3) is 0.207. The van der Waals surface area contributed by atoms with Crippen LogP contribution < -0.4 is 4.74 Å². The second-order valence-corrected chi connectivity index (χ2v) is 24.1. The third-order valence-electron chi connectivity index (χ3n) is 11.8. The lowest BCUT2D eigenvalue weighted by atomic mass is 9.90. The predicted molar refractivity (Wildman–Crippen MR) is 287 cm³/mol. The maximum atomic E-state index is 6.20. The molecule has 8 bridgehead atoms. The van der Waals surface area contributed by atoms with Gasteiger partial charge in [-0.3, -0.25) is 0 Å². The second-order valence-electron chi connectivity index (χ2n) is 18.2. The first-order valence-corrected chi connectivity index (χ1v) is 27.3. The summed E-state index contributed by atoms with van der Waals surface area (Å²) in [6.45, 7) is 16.3. The van der Waals surface area contributed by atoms with Crippen LogP contribution in [0.3, 0.4) is 0 Å². The molecule has 0 amide bonds. The molecule has 4 aromatic rings. The van der Waals surface area contributed by atoms with Crippen LogP contribution in [0.2, 0.25) is 19.6 Å². The summed E-state index contributed by atoms with van der Waals surface area (Å²) in [5.74, 6) is 4.30. The van der Waals surface area contributed by atoms with Crippen molar-refractivity contribution in [1.29, 1.82) is 0 Å². The molecular formula is C58H53IN4OSi. The fourth-order valence-electron chi connectivity index (χ4n) is 8.84. The van der Waals surface area contributed by atoms with Crippen molar-refractivity contribution >= 4 is 75.8 Å². The Balaban J connectivity index is 1.28. The number of nitrogens with zero attached hydrogens (tertiary/aromatic N) is 4. The molecule has 0 aromatic heterocycles. The average molecular weight is 977 g/mol. The van der Waals surface area contributed by atoms with Crippen molar-refractivity contribution in [2.75, 3.05) is 6.61 Å². The molecule has 0 radical (unpaired) electrons. The summed E-state index contributed by atoms with van der Waals surface area (Å²) >= 11 is 2.37. The van der Waals surface area contributed by atoms with Gasteiger partial charge in [-0.25, -0.2) is 20.0 Å². The second kappa shape index (κ2) is 18.7. The maximum Gasteiger partial charge on any atom is 0.129 e. The van der Waals surface area contributed by atoms with Crippen LogP contribution in [0.5, 0.6) is 5.75 Å². The van der Waals surface area contributed by atoms with Crippen LogP contribution in [0.25, 0.3) is 22.3 Å². The molecule has 5 aliphatic heterocycles. The highest BCUT2D eigenvalue weighted by Gasteiger charge is 2.28. The Hall–Kier alpha value is -6.21. The summed E-state index contributed by atoms with van der Waals surface area (Å²) in [4.78, 5) is 22.0. The zero-order valence-electron chi connectivity index (χ0n) is 38.3. The van der Waals surface area contributed by atoms with Crippen molar-refractivity contribution in [1.82, 2.24) is 0 Å². The monoisotopic (exact) mass is 976 g/mol. The molecule has 9 rings (SSSR count). The topological polar surface area (TPSA) is 58.7 Å². The van der Waals surface area contributed by atoms with Gasteiger partial charge in [0, 0.05) is 31.4 Å². The van der Waals surface area contributed by atoms with Gasteiger partial charge in [0.2, 0.25) is 0 Å². The van der Waals surface area contributed by atoms with E-state index in [1.54, 1.807) is 0 Å². The zero-order valence-corrected chi connectivity index (χ0v) is 41.5. The molecule has 0 unspecified atom stereocenters. The summed E-state index contributed by atoms with van der Waals surface area (Å²) in [5.41, 5.74) is 22.9. The van der Waals surface area contributed by atoms with Crippen LogP contribution >= 0.6 is 22.6 Å². The van der Waals surface area contributed by atoms with E-state index in [9.17, 15) is 0 Å². The van der Waals surface area contributed by atoms with E-state index in [2.05, 4.69) is 215 Å². The maximum absolute atomic E-state index is 6.20. The number of allylic oxidation sites excluding steroid dienone is 12. The molecule has 7 heteroatoms. The molecule has 4 aromatic carbocycles. The van der Waals surface area contributed by atoms with Crippen molar-refractivity contribution in [2.24, 2.45) is 20.0 Å². The van der Waals surface area contributed by atoms with Crippen LogP contribution in [-0.4, -0.2) is 37.5 Å². The van der Waals surface area contributed by atoms with Gasteiger partial charge in [-0.2, -0.15) is 0 Å². The summed E-state index contributed by atoms with van der Waals surface area (Å²) in [5, 5.41) is 0. The van der Waals surface area contributed by atoms with E-state index >= 15 is 0 Å². The third kappa shape index (κ3) is 9.61. The molecule has 0 saturated carbocycles. The number of hydrogen-bond donors (Lipinski definition) is 0. The number of hydrogen-bond acceptors (Lipinski definition) is 5. The van der Waals surface area contributed by atoms with E-state index < -0.39 is 8.07 Å². The van der Waals surface area contributed by atoms with Gasteiger partial charge in [-0.15, -0.1) is 5.54 Å². The number of rotatable bonds is 10. The lowest BCUT2D eigenvalue weighted by Gasteiger charge is -2.16. The van der Waals surface area contributed by atoms with Gasteiger partial charge in [0.1, 0.15) is 13.8 Å². The minimum Gasteiger partial charge on any atom is -0.494 e. The van der Waals surface area contributed by atoms with Crippen molar-refractivity contribution in [3.8, 4) is 17.2 Å². The molecular weight excluding hydrogens is 924 g/mol. The number of ether oxygens (including phenoxy) is 1. The predicted octanol–water partition coefficient (Wildman–Crippen LogP) is 14.4. The number of fused-ring (bicyclic) bond motifs is 4. The quantitative estimate of drug-likeness (QED) is 0.0676. The first kappa shape index (κ1) is 44.0. The Bertz CT molecular complexity index is 3040. The number of aliphatic imine (C=N–C) groups is 4. The minimum atomic E-state index is -1.56. The molecule has 5 nitrogen and oxygen atoms in total. The Kier molecular flexibility index (Phi) is 12.7. The van der Waals surface area contributed by atoms with E-state index in [-0.39, 0.29) is 0 Å². The van der Waals surface area contributed by atoms with Gasteiger partial charge in [-0.1, -0.05) is 106 Å². The van der Waals surface area contributed by atoms with Gasteiger partial charge in [-0.05, 0) is 168 Å². The molecule has 65 heavy (non-hydrogen) atoms. The fourth-order valence-corrected chi connectivity index (χ4v) is 9.72. The molecule has 5 aliphatic rings. The number of aryl methyl sites for hydroxylation is 3. The Morgan fingerprint density at radius 3 is 1.42 bits per heavy atom. The standard InChI is InChI=1S/C58H53IN4OSi/c1-8-9-10-11-33-64-45-22-18-43(19-23-45)57-48-26-24-46(60-48)55(41-14-12-40(13-15-41)32-34-65(5,6)7)50-28-30-52(62-50)58(54-38(3)35-37(2)36-39(54)4)53-31-29-51(63-53)56(47-25-27-49(57)61-47)42-16-20-44(59)21-17-42/h12-31,35-36H,8-11,33H2,1-7H3. The lowest BCUT2D eigenvalue weighted by Crippen LogP contribution is -2.16. The van der Waals surface area contributed by atoms with Gasteiger partial charge in [0.15, 0.2) is 0 Å². The largest absolute Gasteiger partial charge is 0.494 e. The van der Waals surface area contributed by atoms with Crippen molar-refractivity contribution in [3.05, 3.63) is 204 Å². The normalized spacial score (nSPS) is 16.4. The van der Waals surface area contributed by atoms with Crippen LogP contribution in [0.15, 0.2) is 176 Å². The minimum absolute atomic E-state index is 0.706. The van der Waals surface area contributed by atoms with Gasteiger partial charge < -0.3 is 4.74 Å². The smallest absolute Gasteiger partial charge is 0.129 e. The first-order chi connectivity index (χ1) is 31.4. The van der Waals surface area contributed by atoms with E-state index in [0.29, 0.717) is 6.61 Å². The van der Waals surface area contributed by atoms with Gasteiger partial charge >= 0.3 is 0 Å². The number of benzene rings is 4. The molecule has 0 atom stereocenters. The average Bonchev–Trinajstić information content (AvgIpc) is 4.13. The van der Waals surface area contributed by atoms with Crippen molar-refractivity contribution in [3.63, 3.8) is 0 Å². The van der Waals surface area contributed by atoms with Crippen LogP contribution in [0, 0.1) is 35.8 Å². The van der Waals surface area contributed by atoms with Crippen molar-refractivity contribution < 1.29 is 4.74 Å². The molecule has 0 aliphatic carbocycles. The van der Waals surface area contributed by atoms with E-state index in [4.69, 9.17) is 24.7 Å². The summed E-state index contributed by atoms with van der Waals surface area (Å²) in [6.07, 6.45) is 21.7. The Morgan fingerprint density at radius 1 is 0.523 bits per heavy atom. The zero-order chi connectivity index (χ0) is 45.2. The molecule has 0 spiro atoms. The number of halogens is 1. The van der Waals surface area contributed by atoms with Gasteiger partial charge in [0.05, 0.1) is 52.2 Å². The molecule has 0 saturated heterocycles. The van der Waals surface area contributed by atoms with Crippen LogP contribution in [-0.2, 0) is 0 Å². The molecule has 0 N–H and O–H groups in total. The Morgan fingerprint density at radius 2 is 0.954 bits per heavy atom. The van der Waals surface area contributed by atoms with Crippen molar-refractivity contribution in [2.45, 2.75) is 73.0 Å². The molecule has 322 valence electrons. The summed E-state index contributed by atoms with van der Waals surface area (Å²) in [6, 6.07) is 30.1. The lowest BCUT2D eigenvalue weighted by molar-refractivity contribution is 0.305. The van der Waals surface area contributed by atoms with Crippen LogP contribution in [0.1, 0.15) is 77.1 Å². The number of unbranched alkanes of at least 4 members (excludes halogenated alkanes) is 3. The first-order valence-electron chi connectivity index (χ1n) is 22.7. The van der Waals surface area contributed by atoms with Gasteiger partial charge in [0.25, 0.3) is 0 Å². The van der Waals surface area contributed by atoms with E-state index in [1.165, 1.54) is 36.0 Å².